The van der Waals surface area contributed by atoms with Gasteiger partial charge in [-0.15, -0.1) is 0 Å². The fourth-order valence-electron chi connectivity index (χ4n) is 1.75. The van der Waals surface area contributed by atoms with Gasteiger partial charge in [0.2, 0.25) is 0 Å². The van der Waals surface area contributed by atoms with Crippen LogP contribution in [0.3, 0.4) is 0 Å². The first-order valence-electron chi connectivity index (χ1n) is 5.95. The van der Waals surface area contributed by atoms with Gasteiger partial charge in [-0.25, -0.2) is 0 Å². The molecule has 2 aromatic rings. The van der Waals surface area contributed by atoms with Crippen LogP contribution in [0.25, 0.3) is 0 Å². The van der Waals surface area contributed by atoms with E-state index in [0.717, 1.165) is 23.4 Å². The largest absolute Gasteiger partial charge is 0.389 e. The molecule has 0 bridgehead atoms. The monoisotopic (exact) mass is 256 g/mol. The molecule has 0 radical (unpaired) electrons. The van der Waals surface area contributed by atoms with E-state index in [1.54, 1.807) is 0 Å². The average Bonchev–Trinajstić information content (AvgIpc) is 2.39. The Morgan fingerprint density at radius 1 is 1.11 bits per heavy atom. The summed E-state index contributed by atoms with van der Waals surface area (Å²) < 4.78 is 0. The third-order valence-electron chi connectivity index (χ3n) is 2.79. The first-order valence-corrected chi connectivity index (χ1v) is 6.35. The summed E-state index contributed by atoms with van der Waals surface area (Å²) in [6, 6.07) is 16.2. The predicted molar refractivity (Wildman–Crippen MR) is 81.4 cm³/mol. The zero-order valence-corrected chi connectivity index (χ0v) is 11.1. The van der Waals surface area contributed by atoms with E-state index in [4.69, 9.17) is 18.0 Å². The quantitative estimate of drug-likeness (QED) is 0.820. The Hall–Kier alpha value is -1.87. The van der Waals surface area contributed by atoms with Gasteiger partial charge in [0.1, 0.15) is 4.99 Å². The fourth-order valence-corrected chi connectivity index (χ4v) is 1.89. The van der Waals surface area contributed by atoms with Crippen molar-refractivity contribution in [2.45, 2.75) is 13.3 Å². The standard InChI is InChI=1S/C15H16N2S/c1-2-11-4-3-5-14(10-11)17-13-8-6-12(7-9-13)15(16)18/h3-10,17H,2H2,1H3,(H2,16,18). The van der Waals surface area contributed by atoms with Gasteiger partial charge in [-0.05, 0) is 48.4 Å². The molecule has 0 spiro atoms. The Morgan fingerprint density at radius 2 is 1.83 bits per heavy atom. The van der Waals surface area contributed by atoms with Crippen LogP contribution in [0.2, 0.25) is 0 Å². The van der Waals surface area contributed by atoms with Crippen molar-refractivity contribution in [2.24, 2.45) is 5.73 Å². The van der Waals surface area contributed by atoms with E-state index in [1.165, 1.54) is 5.56 Å². The van der Waals surface area contributed by atoms with E-state index < -0.39 is 0 Å². The van der Waals surface area contributed by atoms with E-state index in [2.05, 4.69) is 36.5 Å². The lowest BCUT2D eigenvalue weighted by atomic mass is 10.1. The highest BCUT2D eigenvalue weighted by Gasteiger charge is 1.98. The van der Waals surface area contributed by atoms with Crippen LogP contribution in [0, 0.1) is 0 Å². The van der Waals surface area contributed by atoms with Gasteiger partial charge in [0, 0.05) is 16.9 Å². The van der Waals surface area contributed by atoms with Crippen molar-refractivity contribution in [1.82, 2.24) is 0 Å². The third-order valence-corrected chi connectivity index (χ3v) is 3.03. The molecule has 2 nitrogen and oxygen atoms in total. The molecule has 3 N–H and O–H groups in total. The van der Waals surface area contributed by atoms with Crippen LogP contribution in [0.15, 0.2) is 48.5 Å². The second-order valence-electron chi connectivity index (χ2n) is 4.12. The number of hydrogen-bond donors (Lipinski definition) is 2. The number of thiocarbonyl (C=S) groups is 1. The molecule has 0 aliphatic heterocycles. The van der Waals surface area contributed by atoms with Gasteiger partial charge >= 0.3 is 0 Å². The molecule has 18 heavy (non-hydrogen) atoms. The van der Waals surface area contributed by atoms with Gasteiger partial charge in [-0.2, -0.15) is 0 Å². The number of nitrogens with one attached hydrogen (secondary N) is 1. The second kappa shape index (κ2) is 5.65. The predicted octanol–water partition coefficient (Wildman–Crippen LogP) is 3.63. The lowest BCUT2D eigenvalue weighted by molar-refractivity contribution is 1.14. The molecular formula is C15H16N2S. The molecule has 92 valence electrons. The summed E-state index contributed by atoms with van der Waals surface area (Å²) in [5, 5.41) is 3.36. The number of benzene rings is 2. The minimum atomic E-state index is 0.425. The molecule has 0 aliphatic rings. The highest BCUT2D eigenvalue weighted by atomic mass is 32.1. The van der Waals surface area contributed by atoms with Crippen LogP contribution in [0.4, 0.5) is 11.4 Å². The maximum atomic E-state index is 5.57. The zero-order chi connectivity index (χ0) is 13.0. The van der Waals surface area contributed by atoms with E-state index in [0.29, 0.717) is 4.99 Å². The lowest BCUT2D eigenvalue weighted by Crippen LogP contribution is -2.08. The van der Waals surface area contributed by atoms with Gasteiger partial charge in [0.15, 0.2) is 0 Å². The summed E-state index contributed by atoms with van der Waals surface area (Å²) in [6.45, 7) is 2.15. The van der Waals surface area contributed by atoms with Crippen LogP contribution in [0.5, 0.6) is 0 Å². The third kappa shape index (κ3) is 3.08. The van der Waals surface area contributed by atoms with E-state index in [9.17, 15) is 0 Å². The lowest BCUT2D eigenvalue weighted by Gasteiger charge is -2.08. The molecule has 0 heterocycles. The summed E-state index contributed by atoms with van der Waals surface area (Å²) in [6.07, 6.45) is 1.04. The van der Waals surface area contributed by atoms with E-state index in [-0.39, 0.29) is 0 Å². The van der Waals surface area contributed by atoms with Crippen molar-refractivity contribution >= 4 is 28.6 Å². The SMILES string of the molecule is CCc1cccc(Nc2ccc(C(N)=S)cc2)c1. The first kappa shape index (κ1) is 12.6. The molecular weight excluding hydrogens is 240 g/mol. The number of anilines is 2. The molecule has 0 fully saturated rings. The second-order valence-corrected chi connectivity index (χ2v) is 4.56. The minimum absolute atomic E-state index is 0.425. The van der Waals surface area contributed by atoms with Crippen molar-refractivity contribution in [3.8, 4) is 0 Å². The molecule has 0 atom stereocenters. The molecule has 0 saturated heterocycles. The van der Waals surface area contributed by atoms with Crippen molar-refractivity contribution in [1.29, 1.82) is 0 Å². The minimum Gasteiger partial charge on any atom is -0.389 e. The maximum absolute atomic E-state index is 5.57. The Morgan fingerprint density at radius 3 is 2.44 bits per heavy atom. The Labute approximate surface area is 113 Å². The van der Waals surface area contributed by atoms with Gasteiger partial charge < -0.3 is 11.1 Å². The highest BCUT2D eigenvalue weighted by molar-refractivity contribution is 7.80. The molecule has 0 aliphatic carbocycles. The Bertz CT molecular complexity index is 547. The summed E-state index contributed by atoms with van der Waals surface area (Å²) >= 11 is 4.93. The molecule has 0 amide bonds. The van der Waals surface area contributed by atoms with Crippen molar-refractivity contribution in [2.75, 3.05) is 5.32 Å². The van der Waals surface area contributed by atoms with Gasteiger partial charge in [-0.3, -0.25) is 0 Å². The molecule has 2 rings (SSSR count). The molecule has 0 saturated carbocycles. The van der Waals surface area contributed by atoms with Crippen molar-refractivity contribution in [3.63, 3.8) is 0 Å². The summed E-state index contributed by atoms with van der Waals surface area (Å²) in [5.41, 5.74) is 9.90. The fraction of sp³-hybridized carbons (Fsp3) is 0.133. The normalized spacial score (nSPS) is 10.1. The van der Waals surface area contributed by atoms with Gasteiger partial charge in [-0.1, -0.05) is 31.3 Å². The van der Waals surface area contributed by atoms with Crippen molar-refractivity contribution < 1.29 is 0 Å². The van der Waals surface area contributed by atoms with E-state index in [1.807, 2.05) is 24.3 Å². The molecule has 2 aromatic carbocycles. The Balaban J connectivity index is 2.15. The van der Waals surface area contributed by atoms with Crippen LogP contribution in [-0.4, -0.2) is 4.99 Å². The van der Waals surface area contributed by atoms with Crippen LogP contribution in [-0.2, 0) is 6.42 Å². The maximum Gasteiger partial charge on any atom is 0.103 e. The van der Waals surface area contributed by atoms with Crippen LogP contribution in [0.1, 0.15) is 18.1 Å². The number of aryl methyl sites for hydroxylation is 1. The first-order chi connectivity index (χ1) is 8.69. The van der Waals surface area contributed by atoms with E-state index >= 15 is 0 Å². The molecule has 0 aromatic heterocycles. The summed E-state index contributed by atoms with van der Waals surface area (Å²) in [7, 11) is 0. The highest BCUT2D eigenvalue weighted by Crippen LogP contribution is 2.18. The summed E-state index contributed by atoms with van der Waals surface area (Å²) in [4.78, 5) is 0.425. The smallest absolute Gasteiger partial charge is 0.103 e. The number of nitrogens with two attached hydrogens (primary N) is 1. The average molecular weight is 256 g/mol. The van der Waals surface area contributed by atoms with Crippen LogP contribution < -0.4 is 11.1 Å². The van der Waals surface area contributed by atoms with Crippen molar-refractivity contribution in [3.05, 3.63) is 59.7 Å². The topological polar surface area (TPSA) is 38.0 Å². The molecule has 3 heteroatoms. The van der Waals surface area contributed by atoms with Gasteiger partial charge in [0.25, 0.3) is 0 Å². The number of rotatable bonds is 4. The summed E-state index contributed by atoms with van der Waals surface area (Å²) in [5.74, 6) is 0. The zero-order valence-electron chi connectivity index (χ0n) is 10.3. The van der Waals surface area contributed by atoms with Crippen LogP contribution >= 0.6 is 12.2 Å². The molecule has 0 unspecified atom stereocenters. The number of hydrogen-bond acceptors (Lipinski definition) is 2. The van der Waals surface area contributed by atoms with Gasteiger partial charge in [0.05, 0.1) is 0 Å². The Kier molecular flexibility index (Phi) is 3.95.